The Bertz CT molecular complexity index is 1180. The molecule has 3 aromatic rings. The van der Waals surface area contributed by atoms with Crippen LogP contribution >= 0.6 is 0 Å². The number of amides is 3. The van der Waals surface area contributed by atoms with Crippen LogP contribution < -0.4 is 4.90 Å². The fraction of sp³-hybridized carbons (Fsp3) is 0.407. The minimum atomic E-state index is -0.716. The average molecular weight is 460 g/mol. The van der Waals surface area contributed by atoms with E-state index in [0.717, 1.165) is 49.6 Å². The van der Waals surface area contributed by atoms with E-state index in [0.29, 0.717) is 23.6 Å². The number of carbonyl (C=O) groups excluding carboxylic acids is 3. The van der Waals surface area contributed by atoms with E-state index >= 15 is 0 Å². The van der Waals surface area contributed by atoms with Gasteiger partial charge in [0.1, 0.15) is 11.6 Å². The third kappa shape index (κ3) is 4.11. The van der Waals surface area contributed by atoms with Crippen LogP contribution in [0.2, 0.25) is 0 Å². The molecule has 34 heavy (non-hydrogen) atoms. The number of rotatable bonds is 6. The van der Waals surface area contributed by atoms with E-state index in [9.17, 15) is 14.4 Å². The second kappa shape index (κ2) is 9.41. The minimum absolute atomic E-state index is 0.0197. The molecule has 0 N–H and O–H groups in total. The molecule has 1 saturated carbocycles. The lowest BCUT2D eigenvalue weighted by molar-refractivity contribution is -0.141. The highest BCUT2D eigenvalue weighted by atomic mass is 16.3. The van der Waals surface area contributed by atoms with Crippen LogP contribution in [-0.4, -0.2) is 39.7 Å². The highest BCUT2D eigenvalue weighted by molar-refractivity contribution is 6.23. The van der Waals surface area contributed by atoms with E-state index in [-0.39, 0.29) is 30.2 Å². The quantitative estimate of drug-likeness (QED) is 0.480. The van der Waals surface area contributed by atoms with Crippen molar-refractivity contribution in [3.63, 3.8) is 0 Å². The molecule has 2 fully saturated rings. The first-order chi connectivity index (χ1) is 16.6. The molecule has 5 rings (SSSR count). The first kappa shape index (κ1) is 22.3. The lowest BCUT2D eigenvalue weighted by Crippen LogP contribution is -2.51. The van der Waals surface area contributed by atoms with Gasteiger partial charge < -0.3 is 9.32 Å². The van der Waals surface area contributed by atoms with E-state index in [1.54, 1.807) is 29.2 Å². The van der Waals surface area contributed by atoms with Gasteiger partial charge >= 0.3 is 0 Å². The van der Waals surface area contributed by atoms with Gasteiger partial charge in [-0.3, -0.25) is 14.4 Å². The van der Waals surface area contributed by atoms with E-state index in [4.69, 9.17) is 4.42 Å². The number of anilines is 1. The molecule has 0 spiro atoms. The van der Waals surface area contributed by atoms with Crippen molar-refractivity contribution in [2.75, 3.05) is 4.90 Å². The Balaban J connectivity index is 1.39. The first-order valence-corrected chi connectivity index (χ1v) is 12.2. The minimum Gasteiger partial charge on any atom is -0.436 e. The second-order valence-corrected chi connectivity index (χ2v) is 9.16. The third-order valence-corrected chi connectivity index (χ3v) is 6.84. The number of imide groups is 1. The Labute approximate surface area is 198 Å². The molecule has 7 nitrogen and oxygen atoms in total. The number of para-hydroxylation sites is 2. The summed E-state index contributed by atoms with van der Waals surface area (Å²) in [5.41, 5.74) is 2.74. The van der Waals surface area contributed by atoms with Crippen molar-refractivity contribution in [2.24, 2.45) is 0 Å². The molecule has 1 aromatic heterocycles. The molecule has 2 aromatic carbocycles. The monoisotopic (exact) mass is 459 g/mol. The summed E-state index contributed by atoms with van der Waals surface area (Å²) in [6.45, 7) is 1.96. The van der Waals surface area contributed by atoms with E-state index in [1.165, 1.54) is 4.90 Å². The van der Waals surface area contributed by atoms with Gasteiger partial charge in [-0.05, 0) is 55.7 Å². The molecule has 1 atom stereocenters. The number of oxazole rings is 1. The van der Waals surface area contributed by atoms with Crippen LogP contribution in [0.1, 0.15) is 58.3 Å². The number of nitrogens with zero attached hydrogens (tertiary/aromatic N) is 3. The van der Waals surface area contributed by atoms with Crippen LogP contribution in [-0.2, 0) is 14.4 Å². The maximum absolute atomic E-state index is 13.5. The predicted octanol–water partition coefficient (Wildman–Crippen LogP) is 5.09. The van der Waals surface area contributed by atoms with Gasteiger partial charge in [0.25, 0.3) is 5.91 Å². The molecule has 3 amide bonds. The summed E-state index contributed by atoms with van der Waals surface area (Å²) in [5, 5.41) is 0. The molecule has 1 saturated heterocycles. The Morgan fingerprint density at radius 2 is 1.79 bits per heavy atom. The molecule has 2 heterocycles. The van der Waals surface area contributed by atoms with Gasteiger partial charge in [0, 0.05) is 18.0 Å². The molecule has 1 aliphatic heterocycles. The number of aromatic nitrogens is 1. The van der Waals surface area contributed by atoms with Crippen LogP contribution in [0.3, 0.4) is 0 Å². The maximum Gasteiger partial charge on any atom is 0.257 e. The summed E-state index contributed by atoms with van der Waals surface area (Å²) >= 11 is 0. The number of fused-ring (bicyclic) bond motifs is 1. The standard InChI is InChI=1S/C27H29N3O4/c1-2-8-24(31)29(19-9-4-3-5-10-19)22-17-25(32)30(27(22)33)20-15-13-18(14-16-20)26-28-21-11-6-7-12-23(21)34-26/h6-7,11-16,19,22H,2-5,8-10,17H2,1H3. The SMILES string of the molecule is CCCC(=O)N(C1CCCCC1)C1CC(=O)N(c2ccc(-c3nc4ccccc4o3)cc2)C1=O. The molecule has 0 bridgehead atoms. The van der Waals surface area contributed by atoms with Crippen LogP contribution in [0.25, 0.3) is 22.6 Å². The fourth-order valence-electron chi connectivity index (χ4n) is 5.19. The molecular formula is C27H29N3O4. The van der Waals surface area contributed by atoms with Gasteiger partial charge in [-0.1, -0.05) is 38.3 Å². The lowest BCUT2D eigenvalue weighted by Gasteiger charge is -2.37. The van der Waals surface area contributed by atoms with Crippen LogP contribution in [0.15, 0.2) is 52.9 Å². The van der Waals surface area contributed by atoms with Gasteiger partial charge in [0.2, 0.25) is 17.7 Å². The van der Waals surface area contributed by atoms with Crippen molar-refractivity contribution < 1.29 is 18.8 Å². The molecule has 7 heteroatoms. The molecule has 176 valence electrons. The zero-order valence-corrected chi connectivity index (χ0v) is 19.4. The summed E-state index contributed by atoms with van der Waals surface area (Å²) in [4.78, 5) is 46.9. The summed E-state index contributed by atoms with van der Waals surface area (Å²) in [7, 11) is 0. The smallest absolute Gasteiger partial charge is 0.257 e. The average Bonchev–Trinajstić information content (AvgIpc) is 3.41. The predicted molar refractivity (Wildman–Crippen MR) is 129 cm³/mol. The van der Waals surface area contributed by atoms with E-state index < -0.39 is 6.04 Å². The molecule has 1 unspecified atom stereocenters. The van der Waals surface area contributed by atoms with Crippen LogP contribution in [0.5, 0.6) is 0 Å². The van der Waals surface area contributed by atoms with Crippen molar-refractivity contribution in [1.29, 1.82) is 0 Å². The van der Waals surface area contributed by atoms with Gasteiger partial charge in [-0.25, -0.2) is 9.88 Å². The largest absolute Gasteiger partial charge is 0.436 e. The number of hydrogen-bond acceptors (Lipinski definition) is 5. The Kier molecular flexibility index (Phi) is 6.18. The van der Waals surface area contributed by atoms with E-state index in [1.807, 2.05) is 31.2 Å². The Morgan fingerprint density at radius 3 is 2.50 bits per heavy atom. The van der Waals surface area contributed by atoms with Gasteiger partial charge in [0.15, 0.2) is 5.58 Å². The summed E-state index contributed by atoms with van der Waals surface area (Å²) in [5.74, 6) is -0.114. The highest BCUT2D eigenvalue weighted by Gasteiger charge is 2.46. The molecule has 1 aliphatic carbocycles. The fourth-order valence-corrected chi connectivity index (χ4v) is 5.19. The molecule has 0 radical (unpaired) electrons. The molecule has 2 aliphatic rings. The van der Waals surface area contributed by atoms with Crippen LogP contribution in [0, 0.1) is 0 Å². The third-order valence-electron chi connectivity index (χ3n) is 6.84. The number of carbonyl (C=O) groups is 3. The van der Waals surface area contributed by atoms with Crippen molar-refractivity contribution in [3.8, 4) is 11.5 Å². The zero-order chi connectivity index (χ0) is 23.7. The second-order valence-electron chi connectivity index (χ2n) is 9.16. The number of benzene rings is 2. The maximum atomic E-state index is 13.5. The normalized spacial score (nSPS) is 19.2. The van der Waals surface area contributed by atoms with Gasteiger partial charge in [-0.15, -0.1) is 0 Å². The summed E-state index contributed by atoms with van der Waals surface area (Å²) in [6, 6.07) is 13.9. The van der Waals surface area contributed by atoms with Crippen molar-refractivity contribution in [3.05, 3.63) is 48.5 Å². The zero-order valence-electron chi connectivity index (χ0n) is 19.4. The summed E-state index contributed by atoms with van der Waals surface area (Å²) < 4.78 is 5.82. The van der Waals surface area contributed by atoms with Gasteiger partial charge in [0.05, 0.1) is 12.1 Å². The Morgan fingerprint density at radius 1 is 1.06 bits per heavy atom. The first-order valence-electron chi connectivity index (χ1n) is 12.2. The van der Waals surface area contributed by atoms with Crippen LogP contribution in [0.4, 0.5) is 5.69 Å². The lowest BCUT2D eigenvalue weighted by atomic mass is 9.92. The van der Waals surface area contributed by atoms with E-state index in [2.05, 4.69) is 4.98 Å². The van der Waals surface area contributed by atoms with Crippen molar-refractivity contribution in [2.45, 2.75) is 70.4 Å². The highest BCUT2D eigenvalue weighted by Crippen LogP contribution is 2.33. The topological polar surface area (TPSA) is 83.7 Å². The van der Waals surface area contributed by atoms with Crippen molar-refractivity contribution in [1.82, 2.24) is 9.88 Å². The van der Waals surface area contributed by atoms with Crippen molar-refractivity contribution >= 4 is 34.5 Å². The Hall–Kier alpha value is -3.48. The molecular weight excluding hydrogens is 430 g/mol. The number of hydrogen-bond donors (Lipinski definition) is 0. The summed E-state index contributed by atoms with van der Waals surface area (Å²) in [6.07, 6.45) is 6.21. The van der Waals surface area contributed by atoms with Gasteiger partial charge in [-0.2, -0.15) is 0 Å².